The highest BCUT2D eigenvalue weighted by molar-refractivity contribution is 7.89. The van der Waals surface area contributed by atoms with Gasteiger partial charge in [0.05, 0.1) is 10.5 Å². The Morgan fingerprint density at radius 2 is 1.85 bits per heavy atom. The zero-order valence-corrected chi connectivity index (χ0v) is 19.0. The Bertz CT molecular complexity index is 1250. The highest BCUT2D eigenvalue weighted by Crippen LogP contribution is 2.19. The van der Waals surface area contributed by atoms with Gasteiger partial charge in [-0.2, -0.15) is 19.3 Å². The van der Waals surface area contributed by atoms with Crippen molar-refractivity contribution in [3.05, 3.63) is 65.7 Å². The molecule has 0 fully saturated rings. The van der Waals surface area contributed by atoms with Crippen molar-refractivity contribution in [3.8, 4) is 0 Å². The van der Waals surface area contributed by atoms with Gasteiger partial charge in [0.1, 0.15) is 5.82 Å². The van der Waals surface area contributed by atoms with Crippen molar-refractivity contribution < 1.29 is 22.3 Å². The number of sulfonamides is 1. The summed E-state index contributed by atoms with van der Waals surface area (Å²) in [7, 11) is -2.29. The number of hydrogen-bond donors (Lipinski definition) is 2. The number of halogens is 1. The van der Waals surface area contributed by atoms with Crippen molar-refractivity contribution in [1.29, 1.82) is 0 Å². The molecule has 0 saturated carbocycles. The summed E-state index contributed by atoms with van der Waals surface area (Å²) >= 11 is 0. The van der Waals surface area contributed by atoms with Crippen LogP contribution in [0, 0.1) is 5.82 Å². The zero-order valence-electron chi connectivity index (χ0n) is 18.2. The van der Waals surface area contributed by atoms with Crippen molar-refractivity contribution in [3.63, 3.8) is 0 Å². The Morgan fingerprint density at radius 1 is 1.15 bits per heavy atom. The monoisotopic (exact) mass is 474 g/mol. The SMILES string of the molecule is CC(C)N(C)S(=O)(=O)c1cccc(C(=O)OCc2nc(N)nc(Nc3ccc(F)cc3)n2)c1. The van der Waals surface area contributed by atoms with Gasteiger partial charge in [-0.1, -0.05) is 6.07 Å². The van der Waals surface area contributed by atoms with E-state index < -0.39 is 21.8 Å². The first kappa shape index (κ1) is 24.0. The van der Waals surface area contributed by atoms with E-state index in [1.807, 2.05) is 0 Å². The van der Waals surface area contributed by atoms with Crippen LogP contribution in [0.15, 0.2) is 53.4 Å². The van der Waals surface area contributed by atoms with E-state index in [0.717, 1.165) is 0 Å². The maximum atomic E-state index is 13.1. The molecule has 10 nitrogen and oxygen atoms in total. The number of ether oxygens (including phenoxy) is 1. The summed E-state index contributed by atoms with van der Waals surface area (Å²) in [4.78, 5) is 24.5. The Labute approximate surface area is 190 Å². The summed E-state index contributed by atoms with van der Waals surface area (Å²) in [5, 5.41) is 2.85. The summed E-state index contributed by atoms with van der Waals surface area (Å²) < 4.78 is 44.9. The molecule has 0 radical (unpaired) electrons. The molecule has 0 aliphatic heterocycles. The Morgan fingerprint density at radius 3 is 2.52 bits per heavy atom. The fraction of sp³-hybridized carbons (Fsp3) is 0.238. The average Bonchev–Trinajstić information content (AvgIpc) is 2.78. The van der Waals surface area contributed by atoms with Crippen LogP contribution in [0.1, 0.15) is 30.0 Å². The van der Waals surface area contributed by atoms with E-state index in [1.54, 1.807) is 13.8 Å². The molecule has 174 valence electrons. The van der Waals surface area contributed by atoms with E-state index in [9.17, 15) is 17.6 Å². The molecule has 3 rings (SSSR count). The largest absolute Gasteiger partial charge is 0.454 e. The lowest BCUT2D eigenvalue weighted by atomic mass is 10.2. The van der Waals surface area contributed by atoms with Crippen molar-refractivity contribution in [1.82, 2.24) is 19.3 Å². The van der Waals surface area contributed by atoms with Gasteiger partial charge in [0, 0.05) is 18.8 Å². The number of hydrogen-bond acceptors (Lipinski definition) is 9. The van der Waals surface area contributed by atoms with Gasteiger partial charge in [0.25, 0.3) is 0 Å². The summed E-state index contributed by atoms with van der Waals surface area (Å²) in [5.74, 6) is -1.10. The van der Waals surface area contributed by atoms with Gasteiger partial charge in [-0.3, -0.25) is 0 Å². The van der Waals surface area contributed by atoms with Crippen LogP contribution in [0.5, 0.6) is 0 Å². The van der Waals surface area contributed by atoms with Crippen LogP contribution in [0.25, 0.3) is 0 Å². The predicted octanol–water partition coefficient (Wildman–Crippen LogP) is 2.72. The standard InChI is InChI=1S/C21H23FN6O4S/c1-13(2)28(3)33(30,31)17-6-4-5-14(11-17)19(29)32-12-18-25-20(23)27-21(26-18)24-16-9-7-15(22)8-10-16/h4-11,13H,12H2,1-3H3,(H3,23,24,25,26,27). The highest BCUT2D eigenvalue weighted by Gasteiger charge is 2.24. The molecule has 0 aliphatic rings. The third-order valence-corrected chi connectivity index (χ3v) is 6.64. The Balaban J connectivity index is 1.72. The van der Waals surface area contributed by atoms with E-state index in [-0.39, 0.29) is 40.8 Å². The second kappa shape index (κ2) is 9.88. The number of esters is 1. The number of rotatable bonds is 8. The van der Waals surface area contributed by atoms with Gasteiger partial charge in [0.15, 0.2) is 12.4 Å². The van der Waals surface area contributed by atoms with Crippen LogP contribution in [0.3, 0.4) is 0 Å². The van der Waals surface area contributed by atoms with E-state index >= 15 is 0 Å². The number of nitrogens with one attached hydrogen (secondary N) is 1. The van der Waals surface area contributed by atoms with Crippen LogP contribution >= 0.6 is 0 Å². The van der Waals surface area contributed by atoms with Gasteiger partial charge in [-0.05, 0) is 56.3 Å². The molecular weight excluding hydrogens is 451 g/mol. The van der Waals surface area contributed by atoms with Crippen LogP contribution in [-0.4, -0.2) is 46.7 Å². The number of anilines is 3. The third kappa shape index (κ3) is 5.99. The van der Waals surface area contributed by atoms with Gasteiger partial charge in [-0.25, -0.2) is 17.6 Å². The lowest BCUT2D eigenvalue weighted by Crippen LogP contribution is -2.33. The second-order valence-corrected chi connectivity index (χ2v) is 9.28. The normalized spacial score (nSPS) is 11.6. The smallest absolute Gasteiger partial charge is 0.338 e. The van der Waals surface area contributed by atoms with Crippen LogP contribution in [0.4, 0.5) is 22.0 Å². The summed E-state index contributed by atoms with van der Waals surface area (Å²) in [6.45, 7) is 3.16. The molecule has 0 spiro atoms. The van der Waals surface area contributed by atoms with Gasteiger partial charge < -0.3 is 15.8 Å². The highest BCUT2D eigenvalue weighted by atomic mass is 32.2. The first-order chi connectivity index (χ1) is 15.6. The average molecular weight is 475 g/mol. The summed E-state index contributed by atoms with van der Waals surface area (Å²) in [6, 6.07) is 10.8. The molecule has 0 unspecified atom stereocenters. The first-order valence-corrected chi connectivity index (χ1v) is 11.3. The molecule has 12 heteroatoms. The topological polar surface area (TPSA) is 140 Å². The fourth-order valence-corrected chi connectivity index (χ4v) is 4.08. The lowest BCUT2D eigenvalue weighted by Gasteiger charge is -2.21. The van der Waals surface area contributed by atoms with Crippen LogP contribution in [0.2, 0.25) is 0 Å². The van der Waals surface area contributed by atoms with Crippen molar-refractivity contribution in [2.45, 2.75) is 31.4 Å². The minimum atomic E-state index is -3.76. The van der Waals surface area contributed by atoms with E-state index in [1.165, 1.54) is 59.9 Å². The molecule has 3 aromatic rings. The van der Waals surface area contributed by atoms with Crippen LogP contribution < -0.4 is 11.1 Å². The summed E-state index contributed by atoms with van der Waals surface area (Å²) in [5.41, 5.74) is 6.28. The summed E-state index contributed by atoms with van der Waals surface area (Å²) in [6.07, 6.45) is 0. The molecule has 0 atom stereocenters. The number of benzene rings is 2. The Hall–Kier alpha value is -3.64. The molecule has 1 aromatic heterocycles. The van der Waals surface area contributed by atoms with E-state index in [2.05, 4.69) is 20.3 Å². The van der Waals surface area contributed by atoms with Gasteiger partial charge in [0.2, 0.25) is 21.9 Å². The third-order valence-electron chi connectivity index (χ3n) is 4.61. The number of aromatic nitrogens is 3. The van der Waals surface area contributed by atoms with E-state index in [4.69, 9.17) is 10.5 Å². The maximum absolute atomic E-state index is 13.1. The van der Waals surface area contributed by atoms with Gasteiger partial charge in [-0.15, -0.1) is 0 Å². The predicted molar refractivity (Wildman–Crippen MR) is 120 cm³/mol. The quantitative estimate of drug-likeness (QED) is 0.471. The number of carbonyl (C=O) groups is 1. The molecule has 2 aromatic carbocycles. The maximum Gasteiger partial charge on any atom is 0.338 e. The first-order valence-electron chi connectivity index (χ1n) is 9.84. The van der Waals surface area contributed by atoms with Crippen LogP contribution in [-0.2, 0) is 21.4 Å². The minimum absolute atomic E-state index is 0.0247. The minimum Gasteiger partial charge on any atom is -0.454 e. The molecule has 0 bridgehead atoms. The number of nitrogen functional groups attached to an aromatic ring is 1. The van der Waals surface area contributed by atoms with Crippen molar-refractivity contribution in [2.75, 3.05) is 18.1 Å². The number of nitrogens with zero attached hydrogens (tertiary/aromatic N) is 4. The number of carbonyl (C=O) groups excluding carboxylic acids is 1. The van der Waals surface area contributed by atoms with E-state index in [0.29, 0.717) is 5.69 Å². The fourth-order valence-electron chi connectivity index (χ4n) is 2.66. The molecule has 33 heavy (non-hydrogen) atoms. The molecular formula is C21H23FN6O4S. The molecule has 0 saturated heterocycles. The molecule has 0 aliphatic carbocycles. The lowest BCUT2D eigenvalue weighted by molar-refractivity contribution is 0.0462. The second-order valence-electron chi connectivity index (χ2n) is 7.28. The Kier molecular flexibility index (Phi) is 7.19. The number of nitrogens with two attached hydrogens (primary N) is 1. The molecule has 3 N–H and O–H groups in total. The molecule has 1 heterocycles. The van der Waals surface area contributed by atoms with Crippen molar-refractivity contribution >= 4 is 33.6 Å². The van der Waals surface area contributed by atoms with Crippen molar-refractivity contribution in [2.24, 2.45) is 0 Å². The molecule has 0 amide bonds. The van der Waals surface area contributed by atoms with Gasteiger partial charge >= 0.3 is 5.97 Å². The zero-order chi connectivity index (χ0) is 24.2.